The Balaban J connectivity index is 2.00. The summed E-state index contributed by atoms with van der Waals surface area (Å²) >= 11 is 0. The van der Waals surface area contributed by atoms with Crippen molar-refractivity contribution >= 4 is 44.8 Å². The number of carbonyl (C=O) groups excluding carboxylic acids is 3. The number of hydrogen-bond acceptors (Lipinski definition) is 7. The van der Waals surface area contributed by atoms with Crippen molar-refractivity contribution in [1.29, 1.82) is 0 Å². The molecule has 0 atom stereocenters. The summed E-state index contributed by atoms with van der Waals surface area (Å²) in [6.45, 7) is 2.33. The summed E-state index contributed by atoms with van der Waals surface area (Å²) < 4.78 is 32.5. The Morgan fingerprint density at radius 3 is 2.45 bits per heavy atom. The first kappa shape index (κ1) is 20.7. The number of hydrogen-bond donors (Lipinski definition) is 0. The first-order valence-electron chi connectivity index (χ1n) is 8.92. The molecule has 0 aliphatic carbocycles. The highest BCUT2D eigenvalue weighted by Crippen LogP contribution is 2.33. The van der Waals surface area contributed by atoms with E-state index >= 15 is 0 Å². The number of nitrogens with zero attached hydrogens (tertiary/aromatic N) is 1. The van der Waals surface area contributed by atoms with Gasteiger partial charge in [-0.25, -0.2) is 4.79 Å². The first-order chi connectivity index (χ1) is 13.7. The van der Waals surface area contributed by atoms with Crippen LogP contribution < -0.4 is 0 Å². The summed E-state index contributed by atoms with van der Waals surface area (Å²) in [7, 11) is -4.08. The zero-order valence-corrected chi connectivity index (χ0v) is 16.7. The summed E-state index contributed by atoms with van der Waals surface area (Å²) in [5, 5.41) is 1.18. The molecule has 0 spiro atoms. The zero-order valence-electron chi connectivity index (χ0n) is 15.9. The number of benzene rings is 2. The quantitative estimate of drug-likeness (QED) is 0.295. The van der Waals surface area contributed by atoms with Gasteiger partial charge in [0, 0.05) is 11.5 Å². The van der Waals surface area contributed by atoms with Gasteiger partial charge in [-0.05, 0) is 35.6 Å². The lowest BCUT2D eigenvalue weighted by atomic mass is 9.92. The second kappa shape index (κ2) is 8.14. The van der Waals surface area contributed by atoms with Gasteiger partial charge in [-0.2, -0.15) is 8.42 Å². The largest absolute Gasteiger partial charge is 0.463 e. The van der Waals surface area contributed by atoms with Gasteiger partial charge in [-0.15, -0.1) is 9.35 Å². The van der Waals surface area contributed by atoms with Crippen molar-refractivity contribution in [2.24, 2.45) is 0 Å². The molecule has 2 amide bonds. The molecule has 8 nitrogen and oxygen atoms in total. The molecule has 152 valence electrons. The summed E-state index contributed by atoms with van der Waals surface area (Å²) in [5.41, 5.74) is 0.860. The molecular weight excluding hydrogens is 398 g/mol. The molecule has 9 heteroatoms. The van der Waals surface area contributed by atoms with Crippen LogP contribution in [-0.2, 0) is 23.9 Å². The van der Waals surface area contributed by atoms with E-state index in [2.05, 4.69) is 4.28 Å². The van der Waals surface area contributed by atoms with Crippen molar-refractivity contribution in [3.8, 4) is 0 Å². The van der Waals surface area contributed by atoms with E-state index in [0.29, 0.717) is 22.9 Å². The van der Waals surface area contributed by atoms with Crippen LogP contribution in [0, 0.1) is 0 Å². The number of hydroxylamine groups is 2. The van der Waals surface area contributed by atoms with Gasteiger partial charge in [0.15, 0.2) is 0 Å². The van der Waals surface area contributed by atoms with Crippen molar-refractivity contribution in [1.82, 2.24) is 5.06 Å². The molecule has 0 saturated carbocycles. The van der Waals surface area contributed by atoms with Crippen LogP contribution in [0.3, 0.4) is 0 Å². The average molecular weight is 417 g/mol. The monoisotopic (exact) mass is 417 g/mol. The molecule has 1 aliphatic heterocycles. The van der Waals surface area contributed by atoms with Gasteiger partial charge in [0.25, 0.3) is 21.9 Å². The van der Waals surface area contributed by atoms with Crippen molar-refractivity contribution in [2.75, 3.05) is 12.9 Å². The highest BCUT2D eigenvalue weighted by molar-refractivity contribution is 7.85. The SMILES string of the molecule is CCCCOC(=O)/C=C/c1ccc2c3c(cccc13)C(=O)N(OS(C)(=O)=O)C2=O. The van der Waals surface area contributed by atoms with E-state index in [1.807, 2.05) is 6.92 Å². The van der Waals surface area contributed by atoms with E-state index in [0.717, 1.165) is 19.1 Å². The number of ether oxygens (including phenoxy) is 1. The van der Waals surface area contributed by atoms with Crippen LogP contribution in [0.1, 0.15) is 46.0 Å². The molecular formula is C20H19NO7S. The maximum absolute atomic E-state index is 12.6. The highest BCUT2D eigenvalue weighted by Gasteiger charge is 2.36. The number of imide groups is 1. The molecule has 1 heterocycles. The summed E-state index contributed by atoms with van der Waals surface area (Å²) in [5.74, 6) is -2.24. The maximum Gasteiger partial charge on any atom is 0.330 e. The summed E-state index contributed by atoms with van der Waals surface area (Å²) in [6, 6.07) is 7.85. The van der Waals surface area contributed by atoms with E-state index in [1.165, 1.54) is 18.2 Å². The molecule has 1 aliphatic rings. The van der Waals surface area contributed by atoms with Crippen LogP contribution in [0.5, 0.6) is 0 Å². The zero-order chi connectivity index (χ0) is 21.2. The number of unbranched alkanes of at least 4 members (excludes halogenated alkanes) is 1. The Morgan fingerprint density at radius 1 is 1.10 bits per heavy atom. The lowest BCUT2D eigenvalue weighted by molar-refractivity contribution is -0.137. The van der Waals surface area contributed by atoms with Gasteiger partial charge < -0.3 is 4.74 Å². The molecule has 0 N–H and O–H groups in total. The van der Waals surface area contributed by atoms with E-state index in [9.17, 15) is 22.8 Å². The molecule has 0 saturated heterocycles. The van der Waals surface area contributed by atoms with E-state index in [-0.39, 0.29) is 16.2 Å². The minimum atomic E-state index is -4.08. The highest BCUT2D eigenvalue weighted by atomic mass is 32.2. The van der Waals surface area contributed by atoms with Gasteiger partial charge in [0.1, 0.15) is 0 Å². The molecule has 3 rings (SSSR count). The maximum atomic E-state index is 12.6. The second-order valence-corrected chi connectivity index (χ2v) is 8.03. The van der Waals surface area contributed by atoms with Crippen molar-refractivity contribution in [3.63, 3.8) is 0 Å². The fourth-order valence-electron chi connectivity index (χ4n) is 2.97. The Morgan fingerprint density at radius 2 is 1.79 bits per heavy atom. The van der Waals surface area contributed by atoms with Crippen LogP contribution in [0.25, 0.3) is 16.8 Å². The Bertz CT molecular complexity index is 1110. The fraction of sp³-hybridized carbons (Fsp3) is 0.250. The molecule has 2 aromatic rings. The van der Waals surface area contributed by atoms with Crippen LogP contribution >= 0.6 is 0 Å². The third kappa shape index (κ3) is 4.36. The standard InChI is InChI=1S/C20H19NO7S/c1-3-4-12-27-17(22)11-9-13-8-10-16-18-14(13)6-5-7-15(18)19(23)21(20(16)24)28-29(2,25)26/h5-11H,3-4,12H2,1-2H3/b11-9+. The molecule has 29 heavy (non-hydrogen) atoms. The third-order valence-corrected chi connectivity index (χ3v) is 4.68. The lowest BCUT2D eigenvalue weighted by Crippen LogP contribution is -2.41. The average Bonchev–Trinajstić information content (AvgIpc) is 2.67. The Labute approximate surface area is 167 Å². The Kier molecular flexibility index (Phi) is 5.81. The van der Waals surface area contributed by atoms with Gasteiger partial charge in [0.2, 0.25) is 0 Å². The molecule has 0 bridgehead atoms. The van der Waals surface area contributed by atoms with Gasteiger partial charge in [-0.3, -0.25) is 9.59 Å². The Hall–Kier alpha value is -3.04. The number of rotatable bonds is 7. The van der Waals surface area contributed by atoms with E-state index in [4.69, 9.17) is 4.74 Å². The minimum absolute atomic E-state index is 0.126. The fourth-order valence-corrected chi connectivity index (χ4v) is 3.37. The molecule has 0 radical (unpaired) electrons. The van der Waals surface area contributed by atoms with Gasteiger partial charge in [-0.1, -0.05) is 31.5 Å². The van der Waals surface area contributed by atoms with Gasteiger partial charge in [0.05, 0.1) is 24.0 Å². The predicted molar refractivity (Wildman–Crippen MR) is 105 cm³/mol. The van der Waals surface area contributed by atoms with E-state index in [1.54, 1.807) is 24.3 Å². The molecule has 0 unspecified atom stereocenters. The number of carbonyl (C=O) groups is 3. The van der Waals surface area contributed by atoms with Gasteiger partial charge >= 0.3 is 5.97 Å². The lowest BCUT2D eigenvalue weighted by Gasteiger charge is -2.25. The van der Waals surface area contributed by atoms with Crippen molar-refractivity contribution in [3.05, 3.63) is 53.1 Å². The molecule has 0 aromatic heterocycles. The van der Waals surface area contributed by atoms with Crippen LogP contribution in [0.4, 0.5) is 0 Å². The summed E-state index contributed by atoms with van der Waals surface area (Å²) in [4.78, 5) is 37.1. The van der Waals surface area contributed by atoms with Crippen LogP contribution in [-0.4, -0.2) is 44.1 Å². The third-order valence-electron chi connectivity index (χ3n) is 4.26. The molecule has 2 aromatic carbocycles. The van der Waals surface area contributed by atoms with E-state index < -0.39 is 27.9 Å². The van der Waals surface area contributed by atoms with Crippen LogP contribution in [0.2, 0.25) is 0 Å². The van der Waals surface area contributed by atoms with Crippen LogP contribution in [0.15, 0.2) is 36.4 Å². The first-order valence-corrected chi connectivity index (χ1v) is 10.7. The minimum Gasteiger partial charge on any atom is -0.463 e. The topological polar surface area (TPSA) is 107 Å². The number of esters is 1. The normalized spacial score (nSPS) is 14.1. The second-order valence-electron chi connectivity index (χ2n) is 6.47. The number of amides is 2. The van der Waals surface area contributed by atoms with Crippen molar-refractivity contribution < 1.29 is 31.8 Å². The van der Waals surface area contributed by atoms with Crippen molar-refractivity contribution in [2.45, 2.75) is 19.8 Å². The predicted octanol–water partition coefficient (Wildman–Crippen LogP) is 2.68. The smallest absolute Gasteiger partial charge is 0.330 e. The molecule has 0 fully saturated rings. The summed E-state index contributed by atoms with van der Waals surface area (Å²) in [6.07, 6.45) is 5.26.